The molecule has 0 fully saturated rings. The number of benzene rings is 4. The lowest BCUT2D eigenvalue weighted by Crippen LogP contribution is -1.99. The number of unbranched alkanes of at least 4 members (excludes halogenated alkanes) is 3. The summed E-state index contributed by atoms with van der Waals surface area (Å²) < 4.78 is 17.8. The van der Waals surface area contributed by atoms with Gasteiger partial charge in [0, 0.05) is 22.0 Å². The fourth-order valence-electron chi connectivity index (χ4n) is 5.52. The number of para-hydroxylation sites is 2. The summed E-state index contributed by atoms with van der Waals surface area (Å²) in [5.41, 5.74) is 8.63. The molecule has 7 heteroatoms. The van der Waals surface area contributed by atoms with E-state index in [0.717, 1.165) is 49.7 Å². The highest BCUT2D eigenvalue weighted by molar-refractivity contribution is 7.18. The summed E-state index contributed by atoms with van der Waals surface area (Å²) in [4.78, 5) is 6.06. The highest BCUT2D eigenvalue weighted by Gasteiger charge is 2.20. The molecule has 0 N–H and O–H groups in total. The second-order valence-electron chi connectivity index (χ2n) is 10.4. The number of hydrogen-bond donors (Lipinski definition) is 0. The zero-order chi connectivity index (χ0) is 27.8. The fraction of sp³-hybridized carbons (Fsp3) is 0.206. The average Bonchev–Trinajstić information content (AvgIpc) is 3.74. The topological polar surface area (TPSA) is 52.8 Å². The van der Waals surface area contributed by atoms with Gasteiger partial charge in [-0.1, -0.05) is 80.8 Å². The molecule has 0 saturated carbocycles. The quantitative estimate of drug-likeness (QED) is 0.161. The van der Waals surface area contributed by atoms with Crippen LogP contribution in [-0.4, -0.2) is 24.9 Å². The Morgan fingerprint density at radius 3 is 2.20 bits per heavy atom. The molecule has 0 spiro atoms. The fourth-order valence-corrected chi connectivity index (χ4v) is 7.19. The molecule has 0 aliphatic heterocycles. The molecular formula is C34H30N4OS2. The highest BCUT2D eigenvalue weighted by Crippen LogP contribution is 2.42. The van der Waals surface area contributed by atoms with Crippen molar-refractivity contribution >= 4 is 55.9 Å². The van der Waals surface area contributed by atoms with Crippen molar-refractivity contribution in [3.05, 3.63) is 90.5 Å². The molecule has 5 nitrogen and oxygen atoms in total. The predicted molar refractivity (Wildman–Crippen MR) is 173 cm³/mol. The number of ether oxygens (including phenoxy) is 1. The Morgan fingerprint density at radius 2 is 1.46 bits per heavy atom. The number of hydrogen-bond acceptors (Lipinski definition) is 6. The van der Waals surface area contributed by atoms with Crippen LogP contribution in [0.3, 0.4) is 0 Å². The number of thiazole rings is 1. The van der Waals surface area contributed by atoms with Crippen LogP contribution in [0.5, 0.6) is 5.88 Å². The maximum Gasteiger partial charge on any atom is 0.233 e. The summed E-state index contributed by atoms with van der Waals surface area (Å²) in [7, 11) is 0. The standard InChI is InChI=1S/C34H30N4OS2/c1-3-4-5-10-21-39-33-32(40-34(35-33)27-20-15-22(2)30-31(27)37-41-36-30)23-16-18-24(19-17-23)38-28-13-8-6-11-25(28)26-12-7-9-14-29(26)38/h6-9,11-20H,3-5,10,21H2,1-2H3. The number of fused-ring (bicyclic) bond motifs is 4. The lowest BCUT2D eigenvalue weighted by Gasteiger charge is -2.09. The number of rotatable bonds is 9. The third kappa shape index (κ3) is 4.69. The first-order valence-electron chi connectivity index (χ1n) is 14.2. The molecular weight excluding hydrogens is 545 g/mol. The van der Waals surface area contributed by atoms with Crippen molar-refractivity contribution < 1.29 is 4.74 Å². The van der Waals surface area contributed by atoms with E-state index in [1.165, 1.54) is 52.8 Å². The van der Waals surface area contributed by atoms with Crippen LogP contribution in [0.1, 0.15) is 38.2 Å². The molecule has 0 saturated heterocycles. The van der Waals surface area contributed by atoms with Gasteiger partial charge in [0.15, 0.2) is 0 Å². The minimum Gasteiger partial charge on any atom is -0.477 e. The Balaban J connectivity index is 1.29. The molecule has 4 aromatic carbocycles. The van der Waals surface area contributed by atoms with Gasteiger partial charge in [0.2, 0.25) is 5.88 Å². The van der Waals surface area contributed by atoms with Crippen LogP contribution in [0.15, 0.2) is 84.9 Å². The van der Waals surface area contributed by atoms with Crippen LogP contribution in [0.4, 0.5) is 0 Å². The molecule has 0 bridgehead atoms. The molecule has 7 rings (SSSR count). The molecule has 41 heavy (non-hydrogen) atoms. The van der Waals surface area contributed by atoms with E-state index in [2.05, 4.69) is 112 Å². The van der Waals surface area contributed by atoms with Gasteiger partial charge in [-0.2, -0.15) is 8.75 Å². The normalized spacial score (nSPS) is 11.7. The molecule has 0 radical (unpaired) electrons. The van der Waals surface area contributed by atoms with Crippen molar-refractivity contribution in [2.75, 3.05) is 6.61 Å². The van der Waals surface area contributed by atoms with Crippen LogP contribution < -0.4 is 4.74 Å². The molecule has 0 aliphatic rings. The van der Waals surface area contributed by atoms with E-state index >= 15 is 0 Å². The van der Waals surface area contributed by atoms with Crippen molar-refractivity contribution in [2.24, 2.45) is 0 Å². The summed E-state index contributed by atoms with van der Waals surface area (Å²) in [6.45, 7) is 4.96. The number of nitrogens with zero attached hydrogens (tertiary/aromatic N) is 4. The monoisotopic (exact) mass is 574 g/mol. The van der Waals surface area contributed by atoms with Crippen LogP contribution >= 0.6 is 23.1 Å². The molecule has 0 atom stereocenters. The molecule has 3 aromatic heterocycles. The van der Waals surface area contributed by atoms with Gasteiger partial charge in [0.1, 0.15) is 16.0 Å². The molecule has 0 aliphatic carbocycles. The zero-order valence-corrected chi connectivity index (χ0v) is 24.8. The first-order chi connectivity index (χ1) is 20.2. The number of aryl methyl sites for hydroxylation is 1. The maximum atomic E-state index is 6.34. The summed E-state index contributed by atoms with van der Waals surface area (Å²) in [6, 6.07) is 30.2. The third-order valence-electron chi connectivity index (χ3n) is 7.65. The van der Waals surface area contributed by atoms with Crippen LogP contribution in [0.25, 0.3) is 59.5 Å². The average molecular weight is 575 g/mol. The van der Waals surface area contributed by atoms with Crippen LogP contribution in [0, 0.1) is 6.92 Å². The van der Waals surface area contributed by atoms with Crippen molar-refractivity contribution in [3.8, 4) is 32.6 Å². The van der Waals surface area contributed by atoms with Crippen LogP contribution in [-0.2, 0) is 0 Å². The second-order valence-corrected chi connectivity index (χ2v) is 11.9. The Bertz CT molecular complexity index is 1930. The van der Waals surface area contributed by atoms with E-state index in [4.69, 9.17) is 9.72 Å². The van der Waals surface area contributed by atoms with Gasteiger partial charge in [-0.3, -0.25) is 0 Å². The summed E-state index contributed by atoms with van der Waals surface area (Å²) in [5, 5.41) is 3.44. The smallest absolute Gasteiger partial charge is 0.233 e. The van der Waals surface area contributed by atoms with E-state index in [1.807, 2.05) is 0 Å². The number of aromatic nitrogens is 4. The van der Waals surface area contributed by atoms with E-state index in [1.54, 1.807) is 11.3 Å². The lowest BCUT2D eigenvalue weighted by molar-refractivity contribution is 0.297. The first kappa shape index (κ1) is 25.9. The van der Waals surface area contributed by atoms with E-state index in [0.29, 0.717) is 12.5 Å². The van der Waals surface area contributed by atoms with E-state index in [-0.39, 0.29) is 0 Å². The Labute approximate surface area is 247 Å². The van der Waals surface area contributed by atoms with E-state index < -0.39 is 0 Å². The maximum absolute atomic E-state index is 6.34. The Kier molecular flexibility index (Phi) is 6.98. The zero-order valence-electron chi connectivity index (χ0n) is 23.1. The van der Waals surface area contributed by atoms with Gasteiger partial charge in [0.25, 0.3) is 0 Å². The molecule has 7 aromatic rings. The summed E-state index contributed by atoms with van der Waals surface area (Å²) in [5.74, 6) is 0.697. The van der Waals surface area contributed by atoms with E-state index in [9.17, 15) is 0 Å². The summed E-state index contributed by atoms with van der Waals surface area (Å²) >= 11 is 2.91. The van der Waals surface area contributed by atoms with Gasteiger partial charge >= 0.3 is 0 Å². The molecule has 204 valence electrons. The SMILES string of the molecule is CCCCCCOc1nc(-c2ccc(C)c3nsnc23)sc1-c1ccc(-n2c3ccccc3c3ccccc32)cc1. The second kappa shape index (κ2) is 11.1. The highest BCUT2D eigenvalue weighted by atomic mass is 32.1. The van der Waals surface area contributed by atoms with Crippen molar-refractivity contribution in [3.63, 3.8) is 0 Å². The van der Waals surface area contributed by atoms with Crippen molar-refractivity contribution in [1.82, 2.24) is 18.3 Å². The van der Waals surface area contributed by atoms with Gasteiger partial charge in [-0.25, -0.2) is 4.98 Å². The van der Waals surface area contributed by atoms with Gasteiger partial charge < -0.3 is 9.30 Å². The molecule has 0 amide bonds. The summed E-state index contributed by atoms with van der Waals surface area (Å²) in [6.07, 6.45) is 4.62. The largest absolute Gasteiger partial charge is 0.477 e. The third-order valence-corrected chi connectivity index (χ3v) is 9.30. The Morgan fingerprint density at radius 1 is 0.756 bits per heavy atom. The Hall–Kier alpha value is -4.07. The van der Waals surface area contributed by atoms with Gasteiger partial charge in [-0.15, -0.1) is 11.3 Å². The van der Waals surface area contributed by atoms with Crippen molar-refractivity contribution in [1.29, 1.82) is 0 Å². The minimum atomic E-state index is 0.664. The minimum absolute atomic E-state index is 0.664. The molecule has 0 unspecified atom stereocenters. The van der Waals surface area contributed by atoms with Gasteiger partial charge in [0.05, 0.1) is 34.2 Å². The lowest BCUT2D eigenvalue weighted by atomic mass is 10.1. The first-order valence-corrected chi connectivity index (χ1v) is 15.7. The molecule has 3 heterocycles. The van der Waals surface area contributed by atoms with Gasteiger partial charge in [-0.05, 0) is 54.8 Å². The van der Waals surface area contributed by atoms with Crippen molar-refractivity contribution in [2.45, 2.75) is 39.5 Å². The van der Waals surface area contributed by atoms with Crippen LogP contribution in [0.2, 0.25) is 0 Å². The predicted octanol–water partition coefficient (Wildman–Crippen LogP) is 9.85.